The predicted octanol–water partition coefficient (Wildman–Crippen LogP) is -0.423. The zero-order valence-corrected chi connectivity index (χ0v) is 10.4. The lowest BCUT2D eigenvalue weighted by Gasteiger charge is -2.24. The van der Waals surface area contributed by atoms with Gasteiger partial charge in [0.2, 0.25) is 5.91 Å². The number of carbonyl (C=O) groups is 1. The molecule has 17 heavy (non-hydrogen) atoms. The van der Waals surface area contributed by atoms with Crippen LogP contribution in [0, 0.1) is 0 Å². The molecule has 2 N–H and O–H groups in total. The summed E-state index contributed by atoms with van der Waals surface area (Å²) in [5.74, 6) is 0.145. The van der Waals surface area contributed by atoms with Gasteiger partial charge in [-0.25, -0.2) is 0 Å². The second kappa shape index (κ2) is 6.93. The van der Waals surface area contributed by atoms with Crippen LogP contribution in [0.25, 0.3) is 0 Å². The molecule has 5 heteroatoms. The van der Waals surface area contributed by atoms with E-state index in [-0.39, 0.29) is 12.0 Å². The first-order valence-electron chi connectivity index (χ1n) is 6.66. The molecule has 2 heterocycles. The molecule has 0 bridgehead atoms. The lowest BCUT2D eigenvalue weighted by atomic mass is 10.3. The molecule has 0 spiro atoms. The maximum absolute atomic E-state index is 11.6. The zero-order chi connectivity index (χ0) is 11.9. The summed E-state index contributed by atoms with van der Waals surface area (Å²) in [7, 11) is 0. The van der Waals surface area contributed by atoms with Crippen LogP contribution in [0.1, 0.15) is 19.3 Å². The van der Waals surface area contributed by atoms with Crippen LogP contribution in [0.15, 0.2) is 0 Å². The SMILES string of the molecule is O=C(CCN1CCCC1)NCC1CNCCO1. The number of rotatable bonds is 5. The normalized spacial score (nSPS) is 26.0. The van der Waals surface area contributed by atoms with Crippen molar-refractivity contribution in [2.75, 3.05) is 45.9 Å². The minimum Gasteiger partial charge on any atom is -0.374 e. The lowest BCUT2D eigenvalue weighted by Crippen LogP contribution is -2.45. The van der Waals surface area contributed by atoms with E-state index >= 15 is 0 Å². The average Bonchev–Trinajstić information content (AvgIpc) is 2.88. The fourth-order valence-electron chi connectivity index (χ4n) is 2.33. The van der Waals surface area contributed by atoms with E-state index in [0.29, 0.717) is 13.0 Å². The Hall–Kier alpha value is -0.650. The largest absolute Gasteiger partial charge is 0.374 e. The van der Waals surface area contributed by atoms with Crippen LogP contribution in [-0.2, 0) is 9.53 Å². The van der Waals surface area contributed by atoms with Crippen molar-refractivity contribution in [2.45, 2.75) is 25.4 Å². The van der Waals surface area contributed by atoms with Crippen LogP contribution in [0.4, 0.5) is 0 Å². The molecule has 1 unspecified atom stereocenters. The third-order valence-corrected chi connectivity index (χ3v) is 3.39. The molecule has 2 fully saturated rings. The second-order valence-corrected chi connectivity index (χ2v) is 4.80. The molecule has 1 atom stereocenters. The van der Waals surface area contributed by atoms with Gasteiger partial charge < -0.3 is 20.3 Å². The van der Waals surface area contributed by atoms with Crippen molar-refractivity contribution in [1.82, 2.24) is 15.5 Å². The summed E-state index contributed by atoms with van der Waals surface area (Å²) in [5.41, 5.74) is 0. The van der Waals surface area contributed by atoms with E-state index in [1.54, 1.807) is 0 Å². The monoisotopic (exact) mass is 241 g/mol. The van der Waals surface area contributed by atoms with E-state index in [1.807, 2.05) is 0 Å². The third kappa shape index (κ3) is 4.61. The van der Waals surface area contributed by atoms with Crippen LogP contribution >= 0.6 is 0 Å². The highest BCUT2D eigenvalue weighted by Gasteiger charge is 2.15. The summed E-state index contributed by atoms with van der Waals surface area (Å²) >= 11 is 0. The highest BCUT2D eigenvalue weighted by Crippen LogP contribution is 2.07. The number of nitrogens with one attached hydrogen (secondary N) is 2. The molecule has 0 aliphatic carbocycles. The average molecular weight is 241 g/mol. The van der Waals surface area contributed by atoms with E-state index in [2.05, 4.69) is 15.5 Å². The van der Waals surface area contributed by atoms with Crippen molar-refractivity contribution in [2.24, 2.45) is 0 Å². The molecule has 0 saturated carbocycles. The number of hydrogen-bond acceptors (Lipinski definition) is 4. The minimum absolute atomic E-state index is 0.138. The van der Waals surface area contributed by atoms with Crippen molar-refractivity contribution in [3.8, 4) is 0 Å². The van der Waals surface area contributed by atoms with Gasteiger partial charge in [0.25, 0.3) is 0 Å². The predicted molar refractivity (Wildman–Crippen MR) is 65.9 cm³/mol. The number of morpholine rings is 1. The fourth-order valence-corrected chi connectivity index (χ4v) is 2.33. The van der Waals surface area contributed by atoms with Gasteiger partial charge in [-0.2, -0.15) is 0 Å². The molecule has 2 aliphatic heterocycles. The van der Waals surface area contributed by atoms with Crippen molar-refractivity contribution in [1.29, 1.82) is 0 Å². The molecule has 0 aromatic carbocycles. The van der Waals surface area contributed by atoms with Crippen molar-refractivity contribution in [3.05, 3.63) is 0 Å². The lowest BCUT2D eigenvalue weighted by molar-refractivity contribution is -0.122. The Morgan fingerprint density at radius 2 is 2.24 bits per heavy atom. The molecule has 2 rings (SSSR count). The minimum atomic E-state index is 0.138. The van der Waals surface area contributed by atoms with Crippen LogP contribution in [0.2, 0.25) is 0 Å². The van der Waals surface area contributed by atoms with Gasteiger partial charge in [-0.1, -0.05) is 0 Å². The maximum Gasteiger partial charge on any atom is 0.221 e. The Morgan fingerprint density at radius 1 is 1.41 bits per heavy atom. The number of hydrogen-bond donors (Lipinski definition) is 2. The Labute approximate surface area is 103 Å². The van der Waals surface area contributed by atoms with E-state index in [4.69, 9.17) is 4.74 Å². The zero-order valence-electron chi connectivity index (χ0n) is 10.4. The molecule has 98 valence electrons. The van der Waals surface area contributed by atoms with E-state index in [1.165, 1.54) is 12.8 Å². The topological polar surface area (TPSA) is 53.6 Å². The van der Waals surface area contributed by atoms with E-state index < -0.39 is 0 Å². The summed E-state index contributed by atoms with van der Waals surface area (Å²) in [6.45, 7) is 6.34. The van der Waals surface area contributed by atoms with Gasteiger partial charge in [-0.05, 0) is 25.9 Å². The molecular weight excluding hydrogens is 218 g/mol. The fraction of sp³-hybridized carbons (Fsp3) is 0.917. The molecule has 0 aromatic heterocycles. The highest BCUT2D eigenvalue weighted by atomic mass is 16.5. The summed E-state index contributed by atoms with van der Waals surface area (Å²) in [6.07, 6.45) is 3.31. The van der Waals surface area contributed by atoms with Crippen molar-refractivity contribution < 1.29 is 9.53 Å². The molecule has 5 nitrogen and oxygen atoms in total. The van der Waals surface area contributed by atoms with Crippen LogP contribution < -0.4 is 10.6 Å². The summed E-state index contributed by atoms with van der Waals surface area (Å²) in [4.78, 5) is 14.0. The van der Waals surface area contributed by atoms with Gasteiger partial charge in [0.1, 0.15) is 0 Å². The Balaban J connectivity index is 1.53. The van der Waals surface area contributed by atoms with Gasteiger partial charge in [0, 0.05) is 32.6 Å². The molecule has 2 aliphatic rings. The van der Waals surface area contributed by atoms with Crippen molar-refractivity contribution >= 4 is 5.91 Å². The summed E-state index contributed by atoms with van der Waals surface area (Å²) < 4.78 is 5.52. The van der Waals surface area contributed by atoms with Gasteiger partial charge in [-0.15, -0.1) is 0 Å². The first kappa shape index (κ1) is 12.8. The van der Waals surface area contributed by atoms with Crippen LogP contribution in [-0.4, -0.2) is 62.8 Å². The van der Waals surface area contributed by atoms with E-state index in [9.17, 15) is 4.79 Å². The number of amides is 1. The first-order valence-corrected chi connectivity index (χ1v) is 6.66. The Morgan fingerprint density at radius 3 is 2.94 bits per heavy atom. The van der Waals surface area contributed by atoms with Gasteiger partial charge in [0.05, 0.1) is 12.7 Å². The van der Waals surface area contributed by atoms with Crippen LogP contribution in [0.3, 0.4) is 0 Å². The number of carbonyl (C=O) groups excluding carboxylic acids is 1. The van der Waals surface area contributed by atoms with Gasteiger partial charge in [0.15, 0.2) is 0 Å². The highest BCUT2D eigenvalue weighted by molar-refractivity contribution is 5.76. The molecule has 2 saturated heterocycles. The number of ether oxygens (including phenoxy) is 1. The van der Waals surface area contributed by atoms with Crippen molar-refractivity contribution in [3.63, 3.8) is 0 Å². The quantitative estimate of drug-likeness (QED) is 0.686. The van der Waals surface area contributed by atoms with Gasteiger partial charge >= 0.3 is 0 Å². The van der Waals surface area contributed by atoms with E-state index in [0.717, 1.165) is 39.3 Å². The number of likely N-dealkylation sites (tertiary alicyclic amines) is 1. The Bertz CT molecular complexity index is 236. The maximum atomic E-state index is 11.6. The molecule has 0 radical (unpaired) electrons. The standard InChI is InChI=1S/C12H23N3O2/c16-12(3-7-15-5-1-2-6-15)14-10-11-9-13-4-8-17-11/h11,13H,1-10H2,(H,14,16). The van der Waals surface area contributed by atoms with Gasteiger partial charge in [-0.3, -0.25) is 4.79 Å². The van der Waals surface area contributed by atoms with Crippen LogP contribution in [0.5, 0.6) is 0 Å². The molecule has 1 amide bonds. The smallest absolute Gasteiger partial charge is 0.221 e. The molecule has 0 aromatic rings. The molecular formula is C12H23N3O2. The Kier molecular flexibility index (Phi) is 5.22. The second-order valence-electron chi connectivity index (χ2n) is 4.80. The summed E-state index contributed by atoms with van der Waals surface area (Å²) in [6, 6.07) is 0. The third-order valence-electron chi connectivity index (χ3n) is 3.39. The number of nitrogens with zero attached hydrogens (tertiary/aromatic N) is 1. The first-order chi connectivity index (χ1) is 8.34. The summed E-state index contributed by atoms with van der Waals surface area (Å²) in [5, 5.41) is 6.20.